The van der Waals surface area contributed by atoms with Gasteiger partial charge in [-0.05, 0) is 51.1 Å². The fourth-order valence-corrected chi connectivity index (χ4v) is 3.56. The molecule has 0 saturated carbocycles. The van der Waals surface area contributed by atoms with Gasteiger partial charge in [0.25, 0.3) is 5.91 Å². The summed E-state index contributed by atoms with van der Waals surface area (Å²) in [5.74, 6) is 0.350. The molecule has 1 fully saturated rings. The van der Waals surface area contributed by atoms with Crippen LogP contribution in [0, 0.1) is 5.41 Å². The van der Waals surface area contributed by atoms with E-state index >= 15 is 0 Å². The molecule has 0 aliphatic carbocycles. The Bertz CT molecular complexity index is 618. The number of nitrogens with two attached hydrogens (primary N) is 1. The quantitative estimate of drug-likeness (QED) is 0.807. The fraction of sp³-hybridized carbons (Fsp3) is 0.600. The first-order valence-corrected chi connectivity index (χ1v) is 9.38. The second-order valence-corrected chi connectivity index (χ2v) is 7.11. The van der Waals surface area contributed by atoms with Gasteiger partial charge in [-0.1, -0.05) is 13.8 Å². The molecule has 6 heteroatoms. The number of nitrogens with zero attached hydrogens (tertiary/aromatic N) is 2. The average Bonchev–Trinajstić information content (AvgIpc) is 2.63. The van der Waals surface area contributed by atoms with Gasteiger partial charge < -0.3 is 20.3 Å². The van der Waals surface area contributed by atoms with Crippen LogP contribution in [0.2, 0.25) is 0 Å². The Morgan fingerprint density at radius 3 is 2.12 bits per heavy atom. The van der Waals surface area contributed by atoms with E-state index in [-0.39, 0.29) is 17.9 Å². The highest BCUT2D eigenvalue weighted by atomic mass is 16.5. The lowest BCUT2D eigenvalue weighted by molar-refractivity contribution is -0.133. The molecule has 2 rings (SSSR count). The van der Waals surface area contributed by atoms with Gasteiger partial charge in [-0.25, -0.2) is 0 Å². The molecule has 1 aromatic rings. The zero-order valence-electron chi connectivity index (χ0n) is 16.3. The highest BCUT2D eigenvalue weighted by Gasteiger charge is 2.40. The number of carbonyl (C=O) groups excluding carboxylic acids is 2. The van der Waals surface area contributed by atoms with Crippen molar-refractivity contribution >= 4 is 11.8 Å². The van der Waals surface area contributed by atoms with E-state index in [4.69, 9.17) is 10.5 Å². The lowest BCUT2D eigenvalue weighted by Gasteiger charge is -2.34. The molecule has 1 saturated heterocycles. The van der Waals surface area contributed by atoms with Crippen molar-refractivity contribution in [2.75, 3.05) is 33.2 Å². The van der Waals surface area contributed by atoms with Crippen LogP contribution in [0.5, 0.6) is 5.75 Å². The third-order valence-electron chi connectivity index (χ3n) is 5.74. The van der Waals surface area contributed by atoms with Gasteiger partial charge in [-0.2, -0.15) is 0 Å². The Morgan fingerprint density at radius 2 is 1.65 bits per heavy atom. The van der Waals surface area contributed by atoms with Gasteiger partial charge in [0, 0.05) is 31.7 Å². The summed E-state index contributed by atoms with van der Waals surface area (Å²) in [6.45, 7) is 9.07. The highest BCUT2D eigenvalue weighted by Crippen LogP contribution is 2.33. The average molecular weight is 361 g/mol. The molecule has 0 unspecified atom stereocenters. The Hall–Kier alpha value is -2.08. The first-order valence-electron chi connectivity index (χ1n) is 9.38. The SMILES string of the molecule is CCC(CC)(C(N)=O)[C@@H](C)Oc1ccc(C(=O)N2CCN(C)CC2)cc1. The maximum atomic E-state index is 12.6. The molecule has 0 bridgehead atoms. The molecule has 1 atom stereocenters. The number of hydrogen-bond acceptors (Lipinski definition) is 4. The number of piperazine rings is 1. The van der Waals surface area contributed by atoms with E-state index in [1.165, 1.54) is 0 Å². The summed E-state index contributed by atoms with van der Waals surface area (Å²) in [7, 11) is 2.06. The Balaban J connectivity index is 2.05. The number of hydrogen-bond donors (Lipinski definition) is 1. The molecule has 1 aliphatic heterocycles. The number of primary amides is 1. The summed E-state index contributed by atoms with van der Waals surface area (Å²) in [5, 5.41) is 0. The van der Waals surface area contributed by atoms with Crippen molar-refractivity contribution in [2.24, 2.45) is 11.1 Å². The standard InChI is InChI=1S/C20H31N3O3/c1-5-20(6-2,19(21)25)15(3)26-17-9-7-16(8-10-17)18(24)23-13-11-22(4)12-14-23/h7-10,15H,5-6,11-14H2,1-4H3,(H2,21,25)/t15-/m1/s1. The van der Waals surface area contributed by atoms with Crippen LogP contribution < -0.4 is 10.5 Å². The predicted octanol–water partition coefficient (Wildman–Crippen LogP) is 2.13. The largest absolute Gasteiger partial charge is 0.490 e. The van der Waals surface area contributed by atoms with Gasteiger partial charge in [0.05, 0.1) is 5.41 Å². The van der Waals surface area contributed by atoms with Crippen LogP contribution in [0.4, 0.5) is 0 Å². The Morgan fingerprint density at radius 1 is 1.12 bits per heavy atom. The van der Waals surface area contributed by atoms with Crippen molar-refractivity contribution in [1.82, 2.24) is 9.80 Å². The number of carbonyl (C=O) groups is 2. The fourth-order valence-electron chi connectivity index (χ4n) is 3.56. The van der Waals surface area contributed by atoms with Crippen LogP contribution in [0.15, 0.2) is 24.3 Å². The topological polar surface area (TPSA) is 75.9 Å². The Labute approximate surface area is 156 Å². The van der Waals surface area contributed by atoms with E-state index in [1.54, 1.807) is 24.3 Å². The van der Waals surface area contributed by atoms with Gasteiger partial charge in [0.1, 0.15) is 11.9 Å². The molecule has 26 heavy (non-hydrogen) atoms. The summed E-state index contributed by atoms with van der Waals surface area (Å²) in [6, 6.07) is 7.15. The molecule has 2 amide bonds. The van der Waals surface area contributed by atoms with Crippen molar-refractivity contribution in [3.8, 4) is 5.75 Å². The lowest BCUT2D eigenvalue weighted by Crippen LogP contribution is -2.47. The summed E-state index contributed by atoms with van der Waals surface area (Å²) in [6.07, 6.45) is 0.911. The minimum atomic E-state index is -0.686. The zero-order chi connectivity index (χ0) is 19.3. The molecule has 6 nitrogen and oxygen atoms in total. The Kier molecular flexibility index (Phi) is 6.64. The van der Waals surface area contributed by atoms with Crippen molar-refractivity contribution in [3.63, 3.8) is 0 Å². The molecule has 0 spiro atoms. The maximum absolute atomic E-state index is 12.6. The van der Waals surface area contributed by atoms with Crippen molar-refractivity contribution < 1.29 is 14.3 Å². The van der Waals surface area contributed by atoms with Crippen LogP contribution in [0.1, 0.15) is 44.0 Å². The van der Waals surface area contributed by atoms with Crippen LogP contribution in [-0.2, 0) is 4.79 Å². The van der Waals surface area contributed by atoms with Gasteiger partial charge in [0.2, 0.25) is 5.91 Å². The smallest absolute Gasteiger partial charge is 0.253 e. The van der Waals surface area contributed by atoms with E-state index in [0.29, 0.717) is 24.2 Å². The van der Waals surface area contributed by atoms with Crippen molar-refractivity contribution in [1.29, 1.82) is 0 Å². The monoisotopic (exact) mass is 361 g/mol. The maximum Gasteiger partial charge on any atom is 0.253 e. The van der Waals surface area contributed by atoms with E-state index in [1.807, 2.05) is 25.7 Å². The minimum absolute atomic E-state index is 0.0475. The number of likely N-dealkylation sites (N-methyl/N-ethyl adjacent to an activating group) is 1. The summed E-state index contributed by atoms with van der Waals surface area (Å²) in [4.78, 5) is 28.6. The van der Waals surface area contributed by atoms with Crippen LogP contribution >= 0.6 is 0 Å². The van der Waals surface area contributed by atoms with E-state index < -0.39 is 5.41 Å². The molecule has 0 radical (unpaired) electrons. The van der Waals surface area contributed by atoms with Gasteiger partial charge in [-0.15, -0.1) is 0 Å². The molecule has 1 aliphatic rings. The second kappa shape index (κ2) is 8.54. The van der Waals surface area contributed by atoms with Crippen molar-refractivity contribution in [2.45, 2.75) is 39.7 Å². The minimum Gasteiger partial charge on any atom is -0.490 e. The molecular weight excluding hydrogens is 330 g/mol. The molecule has 144 valence electrons. The highest BCUT2D eigenvalue weighted by molar-refractivity contribution is 5.94. The van der Waals surface area contributed by atoms with Gasteiger partial charge in [-0.3, -0.25) is 9.59 Å². The van der Waals surface area contributed by atoms with Gasteiger partial charge >= 0.3 is 0 Å². The molecule has 1 aromatic carbocycles. The third-order valence-corrected chi connectivity index (χ3v) is 5.74. The summed E-state index contributed by atoms with van der Waals surface area (Å²) < 4.78 is 5.98. The number of rotatable bonds is 7. The number of benzene rings is 1. The van der Waals surface area contributed by atoms with Crippen LogP contribution in [0.25, 0.3) is 0 Å². The summed E-state index contributed by atoms with van der Waals surface area (Å²) in [5.41, 5.74) is 5.60. The zero-order valence-corrected chi connectivity index (χ0v) is 16.3. The van der Waals surface area contributed by atoms with Gasteiger partial charge in [0.15, 0.2) is 0 Å². The predicted molar refractivity (Wildman–Crippen MR) is 102 cm³/mol. The first kappa shape index (κ1) is 20.2. The van der Waals surface area contributed by atoms with Crippen LogP contribution in [-0.4, -0.2) is 60.9 Å². The first-order chi connectivity index (χ1) is 12.3. The van der Waals surface area contributed by atoms with Crippen molar-refractivity contribution in [3.05, 3.63) is 29.8 Å². The van der Waals surface area contributed by atoms with E-state index in [2.05, 4.69) is 11.9 Å². The third kappa shape index (κ3) is 4.18. The van der Waals surface area contributed by atoms with E-state index in [9.17, 15) is 9.59 Å². The lowest BCUT2D eigenvalue weighted by atomic mass is 9.77. The second-order valence-electron chi connectivity index (χ2n) is 7.11. The normalized spacial score (nSPS) is 17.0. The van der Waals surface area contributed by atoms with Crippen LogP contribution in [0.3, 0.4) is 0 Å². The summed E-state index contributed by atoms with van der Waals surface area (Å²) >= 11 is 0. The molecule has 2 N–H and O–H groups in total. The number of amides is 2. The molecule has 0 aromatic heterocycles. The molecular formula is C20H31N3O3. The van der Waals surface area contributed by atoms with E-state index in [0.717, 1.165) is 26.2 Å². The molecule has 1 heterocycles. The number of ether oxygens (including phenoxy) is 1.